The monoisotopic (exact) mass is 156 g/mol. The van der Waals surface area contributed by atoms with Crippen molar-refractivity contribution >= 4 is 11.9 Å². The molecule has 1 aliphatic heterocycles. The van der Waals surface area contributed by atoms with Gasteiger partial charge in [0, 0.05) is 0 Å². The first-order valence-electron chi connectivity index (χ1n) is 2.83. The Labute approximate surface area is 63.8 Å². The Kier molecular flexibility index (Phi) is 3.88. The van der Waals surface area contributed by atoms with Gasteiger partial charge in [-0.05, 0) is 0 Å². The lowest BCUT2D eigenvalue weighted by Crippen LogP contribution is -2.11. The fraction of sp³-hybridized carbons (Fsp3) is 0.286. The maximum absolute atomic E-state index is 10.1. The van der Waals surface area contributed by atoms with Crippen LogP contribution in [0.3, 0.4) is 0 Å². The molecule has 0 aliphatic carbocycles. The van der Waals surface area contributed by atoms with Gasteiger partial charge in [-0.1, -0.05) is 13.2 Å². The van der Waals surface area contributed by atoms with Gasteiger partial charge in [-0.15, -0.1) is 5.73 Å². The van der Waals surface area contributed by atoms with Crippen LogP contribution in [0.2, 0.25) is 0 Å². The lowest BCUT2D eigenvalue weighted by molar-refractivity contribution is -0.154. The summed E-state index contributed by atoms with van der Waals surface area (Å²) in [4.78, 5) is 20.2. The van der Waals surface area contributed by atoms with E-state index < -0.39 is 18.0 Å². The molecule has 1 rings (SSSR count). The Bertz CT molecular complexity index is 200. The van der Waals surface area contributed by atoms with Crippen molar-refractivity contribution in [3.05, 3.63) is 18.9 Å². The molecule has 0 radical (unpaired) electrons. The summed E-state index contributed by atoms with van der Waals surface area (Å²) < 4.78 is 3.95. The van der Waals surface area contributed by atoms with Gasteiger partial charge in [-0.3, -0.25) is 4.79 Å². The van der Waals surface area contributed by atoms with Crippen LogP contribution in [-0.2, 0) is 14.3 Å². The third kappa shape index (κ3) is 3.35. The van der Waals surface area contributed by atoms with Gasteiger partial charge in [-0.2, -0.15) is 0 Å². The van der Waals surface area contributed by atoms with Crippen molar-refractivity contribution in [2.45, 2.75) is 12.5 Å². The van der Waals surface area contributed by atoms with Crippen LogP contribution in [0.4, 0.5) is 0 Å². The minimum atomic E-state index is -1.22. The zero-order chi connectivity index (χ0) is 8.85. The first-order chi connectivity index (χ1) is 5.11. The predicted octanol–water partition coefficient (Wildman–Crippen LogP) is -0.222. The fourth-order valence-corrected chi connectivity index (χ4v) is 0.463. The van der Waals surface area contributed by atoms with Crippen LogP contribution in [0.5, 0.6) is 0 Å². The van der Waals surface area contributed by atoms with E-state index in [1.807, 2.05) is 0 Å². The number of aliphatic hydroxyl groups is 1. The summed E-state index contributed by atoms with van der Waals surface area (Å²) in [5, 5.41) is 8.47. The first-order valence-corrected chi connectivity index (χ1v) is 2.83. The van der Waals surface area contributed by atoms with Crippen molar-refractivity contribution in [3.8, 4) is 0 Å². The maximum Gasteiger partial charge on any atom is 0.343 e. The quantitative estimate of drug-likeness (QED) is 0.299. The molecule has 1 saturated heterocycles. The minimum Gasteiger partial charge on any atom is -0.391 e. The number of carbonyl (C=O) groups excluding carboxylic acids is 2. The summed E-state index contributed by atoms with van der Waals surface area (Å²) in [6, 6.07) is 0. The highest BCUT2D eigenvalue weighted by Crippen LogP contribution is 2.05. The molecule has 0 spiro atoms. The summed E-state index contributed by atoms with van der Waals surface area (Å²) in [7, 11) is 0. The molecule has 4 nitrogen and oxygen atoms in total. The highest BCUT2D eigenvalue weighted by atomic mass is 16.6. The van der Waals surface area contributed by atoms with Crippen molar-refractivity contribution in [3.63, 3.8) is 0 Å². The van der Waals surface area contributed by atoms with Gasteiger partial charge < -0.3 is 9.84 Å². The van der Waals surface area contributed by atoms with Crippen molar-refractivity contribution < 1.29 is 19.4 Å². The average molecular weight is 156 g/mol. The molecule has 0 aromatic heterocycles. The van der Waals surface area contributed by atoms with Crippen molar-refractivity contribution in [2.75, 3.05) is 0 Å². The number of ether oxygens (including phenoxy) is 1. The van der Waals surface area contributed by atoms with E-state index in [0.29, 0.717) is 0 Å². The molecule has 11 heavy (non-hydrogen) atoms. The molecule has 1 aliphatic rings. The van der Waals surface area contributed by atoms with E-state index in [0.717, 1.165) is 0 Å². The minimum absolute atomic E-state index is 0.196. The van der Waals surface area contributed by atoms with E-state index >= 15 is 0 Å². The van der Waals surface area contributed by atoms with Gasteiger partial charge in [0.05, 0.1) is 6.42 Å². The fourth-order valence-electron chi connectivity index (χ4n) is 0.463. The van der Waals surface area contributed by atoms with E-state index in [4.69, 9.17) is 5.11 Å². The Morgan fingerprint density at radius 1 is 1.55 bits per heavy atom. The number of aliphatic hydroxyl groups excluding tert-OH is 1. The van der Waals surface area contributed by atoms with Gasteiger partial charge in [0.25, 0.3) is 0 Å². The Balaban J connectivity index is 0.000000292. The lowest BCUT2D eigenvalue weighted by Gasteiger charge is -1.86. The SMILES string of the molecule is C=C=C.O=C1CC(O)C(=O)O1. The molecule has 1 N–H and O–H groups in total. The van der Waals surface area contributed by atoms with Crippen LogP contribution in [0.15, 0.2) is 18.9 Å². The molecule has 0 aromatic rings. The topological polar surface area (TPSA) is 63.6 Å². The molecular weight excluding hydrogens is 148 g/mol. The van der Waals surface area contributed by atoms with Crippen molar-refractivity contribution in [1.82, 2.24) is 0 Å². The van der Waals surface area contributed by atoms with Gasteiger partial charge in [0.1, 0.15) is 0 Å². The number of carbonyl (C=O) groups is 2. The predicted molar refractivity (Wildman–Crippen MR) is 36.5 cm³/mol. The molecule has 1 fully saturated rings. The number of rotatable bonds is 0. The third-order valence-electron chi connectivity index (χ3n) is 0.847. The summed E-state index contributed by atoms with van der Waals surface area (Å²) in [6.45, 7) is 6.25. The van der Waals surface area contributed by atoms with E-state index in [1.165, 1.54) is 0 Å². The second kappa shape index (κ2) is 4.44. The van der Waals surface area contributed by atoms with Crippen molar-refractivity contribution in [2.24, 2.45) is 0 Å². The number of hydrogen-bond donors (Lipinski definition) is 1. The largest absolute Gasteiger partial charge is 0.391 e. The third-order valence-corrected chi connectivity index (χ3v) is 0.847. The maximum atomic E-state index is 10.1. The molecule has 1 atom stereocenters. The summed E-state index contributed by atoms with van der Waals surface area (Å²) in [5.74, 6) is -1.49. The van der Waals surface area contributed by atoms with Gasteiger partial charge in [0.15, 0.2) is 6.10 Å². The van der Waals surface area contributed by atoms with E-state index in [-0.39, 0.29) is 6.42 Å². The zero-order valence-electron chi connectivity index (χ0n) is 5.87. The highest BCUT2D eigenvalue weighted by molar-refractivity contribution is 5.95. The van der Waals surface area contributed by atoms with Crippen LogP contribution >= 0.6 is 0 Å². The molecule has 0 amide bonds. The van der Waals surface area contributed by atoms with Gasteiger partial charge >= 0.3 is 11.9 Å². The van der Waals surface area contributed by atoms with Gasteiger partial charge in [0.2, 0.25) is 0 Å². The zero-order valence-corrected chi connectivity index (χ0v) is 5.87. The molecule has 0 bridgehead atoms. The summed E-state index contributed by atoms with van der Waals surface area (Å²) in [6.07, 6.45) is -1.42. The number of esters is 2. The molecular formula is C7H8O4. The number of cyclic esters (lactones) is 2. The molecule has 1 unspecified atom stereocenters. The Morgan fingerprint density at radius 2 is 2.00 bits per heavy atom. The van der Waals surface area contributed by atoms with Crippen molar-refractivity contribution in [1.29, 1.82) is 0 Å². The van der Waals surface area contributed by atoms with Crippen LogP contribution < -0.4 is 0 Å². The molecule has 0 aromatic carbocycles. The van der Waals surface area contributed by atoms with Crippen LogP contribution in [0.25, 0.3) is 0 Å². The van der Waals surface area contributed by atoms with Crippen LogP contribution in [0.1, 0.15) is 6.42 Å². The summed E-state index contributed by atoms with van der Waals surface area (Å²) >= 11 is 0. The van der Waals surface area contributed by atoms with E-state index in [1.54, 1.807) is 0 Å². The highest BCUT2D eigenvalue weighted by Gasteiger charge is 2.30. The Hall–Kier alpha value is -1.38. The van der Waals surface area contributed by atoms with Crippen LogP contribution in [0, 0.1) is 0 Å². The number of hydrogen-bond acceptors (Lipinski definition) is 4. The average Bonchev–Trinajstić information content (AvgIpc) is 2.12. The molecule has 1 heterocycles. The molecule has 4 heteroatoms. The smallest absolute Gasteiger partial charge is 0.343 e. The van der Waals surface area contributed by atoms with E-state index in [2.05, 4.69) is 23.6 Å². The summed E-state index contributed by atoms with van der Waals surface area (Å²) in [5.41, 5.74) is 2.25. The second-order valence-corrected chi connectivity index (χ2v) is 1.76. The Morgan fingerprint density at radius 3 is 2.09 bits per heavy atom. The standard InChI is InChI=1S/C4H4O4.C3H4/c5-2-1-3(6)8-4(2)7;1-3-2/h2,5H,1H2;1-2H2. The second-order valence-electron chi connectivity index (χ2n) is 1.76. The van der Waals surface area contributed by atoms with Crippen LogP contribution in [-0.4, -0.2) is 23.1 Å². The first kappa shape index (κ1) is 9.62. The van der Waals surface area contributed by atoms with E-state index in [9.17, 15) is 9.59 Å². The lowest BCUT2D eigenvalue weighted by atomic mass is 10.3. The molecule has 0 saturated carbocycles. The molecule has 60 valence electrons. The normalized spacial score (nSPS) is 21.4. The van der Waals surface area contributed by atoms with Gasteiger partial charge in [-0.25, -0.2) is 4.79 Å².